The summed E-state index contributed by atoms with van der Waals surface area (Å²) in [5, 5.41) is 0. The molecule has 24 heavy (non-hydrogen) atoms. The first kappa shape index (κ1) is 23.7. The first-order valence-electron chi connectivity index (χ1n) is 10.8. The number of hydrogen-bond donors (Lipinski definition) is 0. The third-order valence-electron chi connectivity index (χ3n) is 5.43. The van der Waals surface area contributed by atoms with Gasteiger partial charge in [-0.3, -0.25) is 0 Å². The van der Waals surface area contributed by atoms with E-state index in [-0.39, 0.29) is 0 Å². The van der Waals surface area contributed by atoms with Gasteiger partial charge in [-0.25, -0.2) is 0 Å². The van der Waals surface area contributed by atoms with Gasteiger partial charge in [-0.15, -0.1) is 11.5 Å². The third kappa shape index (κ3) is 13.1. The fourth-order valence-electron chi connectivity index (χ4n) is 3.24. The standard InChI is InChI=1S/C22H44OSi/c1-5-23-21-19-17-15-13-11-9-10-12-14-16-18-20-22-24(6-2,7-3)8-4/h5-19,21H2,1-4H3. The lowest BCUT2D eigenvalue weighted by molar-refractivity contribution is 0.143. The predicted octanol–water partition coefficient (Wildman–Crippen LogP) is 7.37. The Morgan fingerprint density at radius 1 is 0.625 bits per heavy atom. The molecule has 1 nitrogen and oxygen atoms in total. The second-order valence-corrected chi connectivity index (χ2v) is 12.1. The monoisotopic (exact) mass is 352 g/mol. The Bertz CT molecular complexity index is 303. The second kappa shape index (κ2) is 17.6. The summed E-state index contributed by atoms with van der Waals surface area (Å²) in [5.41, 5.74) is 3.71. The van der Waals surface area contributed by atoms with Gasteiger partial charge in [-0.1, -0.05) is 72.1 Å². The summed E-state index contributed by atoms with van der Waals surface area (Å²) in [6.45, 7) is 10.9. The van der Waals surface area contributed by atoms with Crippen LogP contribution in [0.1, 0.15) is 98.3 Å². The first-order chi connectivity index (χ1) is 11.7. The highest BCUT2D eigenvalue weighted by molar-refractivity contribution is 6.87. The molecular formula is C22H44OSi. The molecule has 0 spiro atoms. The van der Waals surface area contributed by atoms with E-state index in [0.29, 0.717) is 0 Å². The van der Waals surface area contributed by atoms with Gasteiger partial charge in [0.05, 0.1) is 0 Å². The topological polar surface area (TPSA) is 9.23 Å². The molecule has 0 unspecified atom stereocenters. The Hall–Kier alpha value is -0.263. The largest absolute Gasteiger partial charge is 0.382 e. The minimum atomic E-state index is -1.19. The van der Waals surface area contributed by atoms with Crippen molar-refractivity contribution < 1.29 is 4.74 Å². The van der Waals surface area contributed by atoms with Gasteiger partial charge in [-0.2, -0.15) is 0 Å². The van der Waals surface area contributed by atoms with E-state index in [1.807, 2.05) is 0 Å². The SMILES string of the molecule is CCOCCCCCCCCCCCCC#C[Si](CC)(CC)CC. The van der Waals surface area contributed by atoms with Gasteiger partial charge in [0.15, 0.2) is 0 Å². The van der Waals surface area contributed by atoms with Crippen LogP contribution in [-0.4, -0.2) is 21.3 Å². The molecule has 0 aromatic carbocycles. The van der Waals surface area contributed by atoms with Gasteiger partial charge in [-0.05, 0) is 37.9 Å². The van der Waals surface area contributed by atoms with Crippen LogP contribution in [0.5, 0.6) is 0 Å². The van der Waals surface area contributed by atoms with Crippen molar-refractivity contribution in [1.29, 1.82) is 0 Å². The van der Waals surface area contributed by atoms with Crippen LogP contribution in [0, 0.1) is 11.5 Å². The van der Waals surface area contributed by atoms with Crippen molar-refractivity contribution >= 4 is 8.07 Å². The summed E-state index contributed by atoms with van der Waals surface area (Å²) < 4.78 is 5.36. The van der Waals surface area contributed by atoms with Gasteiger partial charge in [0.2, 0.25) is 0 Å². The zero-order chi connectivity index (χ0) is 17.9. The molecule has 0 heterocycles. The average molecular weight is 353 g/mol. The van der Waals surface area contributed by atoms with Crippen LogP contribution >= 0.6 is 0 Å². The number of hydrogen-bond acceptors (Lipinski definition) is 1. The number of ether oxygens (including phenoxy) is 1. The van der Waals surface area contributed by atoms with Crippen molar-refractivity contribution in [1.82, 2.24) is 0 Å². The van der Waals surface area contributed by atoms with Gasteiger partial charge >= 0.3 is 0 Å². The van der Waals surface area contributed by atoms with Gasteiger partial charge < -0.3 is 4.74 Å². The van der Waals surface area contributed by atoms with Crippen molar-refractivity contribution in [3.63, 3.8) is 0 Å². The van der Waals surface area contributed by atoms with E-state index < -0.39 is 8.07 Å². The molecule has 0 aromatic rings. The van der Waals surface area contributed by atoms with Crippen molar-refractivity contribution in [2.24, 2.45) is 0 Å². The summed E-state index contributed by atoms with van der Waals surface area (Å²) >= 11 is 0. The zero-order valence-electron chi connectivity index (χ0n) is 17.2. The fraction of sp³-hybridized carbons (Fsp3) is 0.909. The van der Waals surface area contributed by atoms with Gasteiger partial charge in [0.1, 0.15) is 8.07 Å². The van der Waals surface area contributed by atoms with Crippen LogP contribution in [0.4, 0.5) is 0 Å². The maximum Gasteiger partial charge on any atom is 0.137 e. The molecule has 0 saturated carbocycles. The summed E-state index contributed by atoms with van der Waals surface area (Å²) in [4.78, 5) is 0. The molecular weight excluding hydrogens is 308 g/mol. The minimum Gasteiger partial charge on any atom is -0.382 e. The highest BCUT2D eigenvalue weighted by Crippen LogP contribution is 2.19. The highest BCUT2D eigenvalue weighted by atomic mass is 28.3. The predicted molar refractivity (Wildman–Crippen MR) is 112 cm³/mol. The van der Waals surface area contributed by atoms with Crippen LogP contribution in [0.15, 0.2) is 0 Å². The molecule has 0 bridgehead atoms. The summed E-state index contributed by atoms with van der Waals surface area (Å²) in [5.74, 6) is 3.52. The van der Waals surface area contributed by atoms with E-state index >= 15 is 0 Å². The number of unbranched alkanes of at least 4 members (excludes halogenated alkanes) is 10. The smallest absolute Gasteiger partial charge is 0.137 e. The lowest BCUT2D eigenvalue weighted by atomic mass is 10.1. The van der Waals surface area contributed by atoms with E-state index in [1.165, 1.54) is 82.3 Å². The minimum absolute atomic E-state index is 0.865. The van der Waals surface area contributed by atoms with E-state index in [9.17, 15) is 0 Å². The second-order valence-electron chi connectivity index (χ2n) is 7.13. The van der Waals surface area contributed by atoms with Crippen LogP contribution < -0.4 is 0 Å². The molecule has 0 saturated heterocycles. The Labute approximate surface area is 154 Å². The first-order valence-corrected chi connectivity index (χ1v) is 13.4. The molecule has 0 radical (unpaired) electrons. The Kier molecular flexibility index (Phi) is 17.4. The van der Waals surface area contributed by atoms with Crippen LogP contribution in [0.25, 0.3) is 0 Å². The van der Waals surface area contributed by atoms with Crippen molar-refractivity contribution in [3.8, 4) is 11.5 Å². The molecule has 142 valence electrons. The Morgan fingerprint density at radius 3 is 1.54 bits per heavy atom. The number of rotatable bonds is 16. The normalized spacial score (nSPS) is 11.3. The quantitative estimate of drug-likeness (QED) is 0.160. The molecule has 0 N–H and O–H groups in total. The summed E-state index contributed by atoms with van der Waals surface area (Å²) in [7, 11) is -1.19. The van der Waals surface area contributed by atoms with Crippen LogP contribution in [0.3, 0.4) is 0 Å². The van der Waals surface area contributed by atoms with E-state index in [4.69, 9.17) is 4.74 Å². The molecule has 2 heteroatoms. The third-order valence-corrected chi connectivity index (χ3v) is 10.2. The Balaban J connectivity index is 3.37. The maximum atomic E-state index is 5.36. The fourth-order valence-corrected chi connectivity index (χ4v) is 5.77. The lowest BCUT2D eigenvalue weighted by Gasteiger charge is -2.20. The van der Waals surface area contributed by atoms with E-state index in [1.54, 1.807) is 0 Å². The van der Waals surface area contributed by atoms with E-state index in [0.717, 1.165) is 19.6 Å². The molecule has 0 amide bonds. The van der Waals surface area contributed by atoms with Crippen molar-refractivity contribution in [3.05, 3.63) is 0 Å². The average Bonchev–Trinajstić information content (AvgIpc) is 2.62. The molecule has 0 fully saturated rings. The highest BCUT2D eigenvalue weighted by Gasteiger charge is 2.23. The zero-order valence-corrected chi connectivity index (χ0v) is 18.2. The van der Waals surface area contributed by atoms with E-state index in [2.05, 4.69) is 39.2 Å². The molecule has 0 aromatic heterocycles. The van der Waals surface area contributed by atoms with Crippen molar-refractivity contribution in [2.75, 3.05) is 13.2 Å². The van der Waals surface area contributed by atoms with Crippen LogP contribution in [-0.2, 0) is 4.74 Å². The van der Waals surface area contributed by atoms with Gasteiger partial charge in [0.25, 0.3) is 0 Å². The molecule has 0 aliphatic heterocycles. The lowest BCUT2D eigenvalue weighted by Crippen LogP contribution is -2.29. The molecule has 0 rings (SSSR count). The molecule has 0 atom stereocenters. The summed E-state index contributed by atoms with van der Waals surface area (Å²) in [6, 6.07) is 4.00. The van der Waals surface area contributed by atoms with Crippen molar-refractivity contribution in [2.45, 2.75) is 116 Å². The molecule has 0 aliphatic rings. The molecule has 0 aliphatic carbocycles. The maximum absolute atomic E-state index is 5.36. The van der Waals surface area contributed by atoms with Gasteiger partial charge in [0, 0.05) is 19.6 Å². The summed E-state index contributed by atoms with van der Waals surface area (Å²) in [6.07, 6.45) is 14.9. The van der Waals surface area contributed by atoms with Crippen LogP contribution in [0.2, 0.25) is 18.1 Å². The Morgan fingerprint density at radius 2 is 1.08 bits per heavy atom.